The molecule has 0 aliphatic rings. The van der Waals surface area contributed by atoms with Gasteiger partial charge in [0.25, 0.3) is 0 Å². The second-order valence-electron chi connectivity index (χ2n) is 4.04. The van der Waals surface area contributed by atoms with E-state index in [1.165, 1.54) is 23.5 Å². The third-order valence-corrected chi connectivity index (χ3v) is 3.40. The number of hydrogen-bond acceptors (Lipinski definition) is 4. The lowest BCUT2D eigenvalue weighted by Crippen LogP contribution is -1.99. The average Bonchev–Trinajstić information content (AvgIpc) is 2.73. The maximum Gasteiger partial charge on any atom is 0.165 e. The number of thiazole rings is 1. The van der Waals surface area contributed by atoms with Crippen molar-refractivity contribution >= 4 is 11.3 Å². The minimum atomic E-state index is -0.685. The van der Waals surface area contributed by atoms with Crippen LogP contribution >= 0.6 is 11.3 Å². The zero-order valence-electron chi connectivity index (χ0n) is 10.2. The predicted molar refractivity (Wildman–Crippen MR) is 68.2 cm³/mol. The third kappa shape index (κ3) is 3.05. The van der Waals surface area contributed by atoms with Gasteiger partial charge < -0.3 is 9.84 Å². The molecule has 0 saturated carbocycles. The fraction of sp³-hybridized carbons (Fsp3) is 0.308. The van der Waals surface area contributed by atoms with Crippen molar-refractivity contribution in [3.63, 3.8) is 0 Å². The van der Waals surface area contributed by atoms with Crippen molar-refractivity contribution in [2.45, 2.75) is 26.6 Å². The summed E-state index contributed by atoms with van der Waals surface area (Å²) in [4.78, 5) is 4.23. The zero-order chi connectivity index (χ0) is 13.1. The van der Waals surface area contributed by atoms with Gasteiger partial charge in [-0.05, 0) is 31.5 Å². The largest absolute Gasteiger partial charge is 0.483 e. The number of halogens is 1. The number of aliphatic hydroxyl groups excluding tert-OH is 1. The highest BCUT2D eigenvalue weighted by Gasteiger charge is 2.09. The van der Waals surface area contributed by atoms with Gasteiger partial charge >= 0.3 is 0 Å². The van der Waals surface area contributed by atoms with Crippen molar-refractivity contribution < 1.29 is 14.2 Å². The van der Waals surface area contributed by atoms with Crippen molar-refractivity contribution in [1.29, 1.82) is 0 Å². The van der Waals surface area contributed by atoms with Crippen LogP contribution in [-0.2, 0) is 6.61 Å². The minimum absolute atomic E-state index is 0.173. The number of nitrogens with zero attached hydrogens (tertiary/aromatic N) is 1. The Morgan fingerprint density at radius 2 is 2.28 bits per heavy atom. The van der Waals surface area contributed by atoms with Crippen molar-refractivity contribution in [1.82, 2.24) is 4.98 Å². The quantitative estimate of drug-likeness (QED) is 0.924. The Hall–Kier alpha value is -1.46. The molecule has 2 rings (SSSR count). The Bertz CT molecular complexity index is 540. The van der Waals surface area contributed by atoms with Crippen molar-refractivity contribution in [3.05, 3.63) is 45.7 Å². The number of ether oxygens (including phenoxy) is 1. The fourth-order valence-electron chi connectivity index (χ4n) is 1.50. The normalized spacial score (nSPS) is 12.4. The van der Waals surface area contributed by atoms with Gasteiger partial charge in [-0.1, -0.05) is 6.07 Å². The number of rotatable bonds is 4. The number of aliphatic hydroxyl groups is 1. The van der Waals surface area contributed by atoms with E-state index in [2.05, 4.69) is 4.98 Å². The van der Waals surface area contributed by atoms with Gasteiger partial charge in [0.15, 0.2) is 11.6 Å². The number of aromatic nitrogens is 1. The molecule has 1 aromatic carbocycles. The van der Waals surface area contributed by atoms with E-state index in [1.807, 2.05) is 12.3 Å². The van der Waals surface area contributed by atoms with Gasteiger partial charge in [-0.25, -0.2) is 9.37 Å². The average molecular weight is 267 g/mol. The van der Waals surface area contributed by atoms with Gasteiger partial charge in [0.1, 0.15) is 11.6 Å². The summed E-state index contributed by atoms with van der Waals surface area (Å²) in [6.07, 6.45) is -0.685. The highest BCUT2D eigenvalue weighted by Crippen LogP contribution is 2.23. The van der Waals surface area contributed by atoms with E-state index < -0.39 is 11.9 Å². The van der Waals surface area contributed by atoms with Crippen LogP contribution in [0.15, 0.2) is 23.6 Å². The topological polar surface area (TPSA) is 42.4 Å². The van der Waals surface area contributed by atoms with E-state index in [-0.39, 0.29) is 12.4 Å². The molecule has 18 heavy (non-hydrogen) atoms. The summed E-state index contributed by atoms with van der Waals surface area (Å²) in [7, 11) is 0. The van der Waals surface area contributed by atoms with Gasteiger partial charge in [0.2, 0.25) is 0 Å². The van der Waals surface area contributed by atoms with E-state index in [4.69, 9.17) is 4.74 Å². The van der Waals surface area contributed by atoms with Gasteiger partial charge in [-0.2, -0.15) is 0 Å². The molecule has 0 aliphatic carbocycles. The molecule has 0 spiro atoms. The summed E-state index contributed by atoms with van der Waals surface area (Å²) in [6, 6.07) is 4.46. The first-order valence-electron chi connectivity index (χ1n) is 5.57. The fourth-order valence-corrected chi connectivity index (χ4v) is 2.19. The van der Waals surface area contributed by atoms with Crippen LogP contribution in [0.1, 0.15) is 29.3 Å². The molecule has 0 fully saturated rings. The second kappa shape index (κ2) is 5.46. The molecule has 3 nitrogen and oxygen atoms in total. The molecule has 5 heteroatoms. The Kier molecular flexibility index (Phi) is 3.93. The number of benzene rings is 1. The maximum atomic E-state index is 13.7. The molecule has 1 N–H and O–H groups in total. The molecule has 0 amide bonds. The summed E-state index contributed by atoms with van der Waals surface area (Å²) >= 11 is 1.48. The standard InChI is InChI=1S/C13H14FNO2S/c1-8-7-18-13(15-8)6-17-12-4-3-10(9(2)16)5-11(12)14/h3-5,7,9,16H,6H2,1-2H3/t9-/m1/s1. The predicted octanol–water partition coefficient (Wildman–Crippen LogP) is 3.22. The van der Waals surface area contributed by atoms with E-state index in [1.54, 1.807) is 13.0 Å². The van der Waals surface area contributed by atoms with Crippen LogP contribution in [0.5, 0.6) is 5.75 Å². The van der Waals surface area contributed by atoms with Crippen LogP contribution in [0, 0.1) is 12.7 Å². The highest BCUT2D eigenvalue weighted by molar-refractivity contribution is 7.09. The van der Waals surface area contributed by atoms with Crippen LogP contribution in [0.2, 0.25) is 0 Å². The summed E-state index contributed by atoms with van der Waals surface area (Å²) in [5.74, 6) is -0.297. The maximum absolute atomic E-state index is 13.7. The summed E-state index contributed by atoms with van der Waals surface area (Å²) < 4.78 is 19.0. The molecule has 0 unspecified atom stereocenters. The lowest BCUT2D eigenvalue weighted by atomic mass is 10.1. The van der Waals surface area contributed by atoms with Crippen LogP contribution in [0.3, 0.4) is 0 Å². The SMILES string of the molecule is Cc1csc(COc2ccc([C@@H](C)O)cc2F)n1. The minimum Gasteiger partial charge on any atom is -0.483 e. The van der Waals surface area contributed by atoms with E-state index in [9.17, 15) is 9.50 Å². The van der Waals surface area contributed by atoms with Crippen molar-refractivity contribution in [2.75, 3.05) is 0 Å². The lowest BCUT2D eigenvalue weighted by molar-refractivity contribution is 0.198. The monoisotopic (exact) mass is 267 g/mol. The molecule has 2 aromatic rings. The Morgan fingerprint density at radius 1 is 1.50 bits per heavy atom. The Morgan fingerprint density at radius 3 is 2.83 bits per heavy atom. The molecule has 1 aromatic heterocycles. The van der Waals surface area contributed by atoms with E-state index >= 15 is 0 Å². The molecule has 96 valence electrons. The van der Waals surface area contributed by atoms with Crippen molar-refractivity contribution in [2.24, 2.45) is 0 Å². The molecular formula is C13H14FNO2S. The molecular weight excluding hydrogens is 253 g/mol. The number of hydrogen-bond donors (Lipinski definition) is 1. The molecule has 0 bridgehead atoms. The van der Waals surface area contributed by atoms with Gasteiger partial charge in [-0.3, -0.25) is 0 Å². The summed E-state index contributed by atoms with van der Waals surface area (Å²) in [6.45, 7) is 3.75. The van der Waals surface area contributed by atoms with E-state index in [0.29, 0.717) is 5.56 Å². The summed E-state index contributed by atoms with van der Waals surface area (Å²) in [5, 5.41) is 12.1. The van der Waals surface area contributed by atoms with Crippen LogP contribution in [0.25, 0.3) is 0 Å². The molecule has 0 saturated heterocycles. The second-order valence-corrected chi connectivity index (χ2v) is 4.98. The first-order chi connectivity index (χ1) is 8.56. The van der Waals surface area contributed by atoms with Crippen LogP contribution in [0.4, 0.5) is 4.39 Å². The summed E-state index contributed by atoms with van der Waals surface area (Å²) in [5.41, 5.74) is 1.47. The molecule has 0 aliphatic heterocycles. The highest BCUT2D eigenvalue weighted by atomic mass is 32.1. The smallest absolute Gasteiger partial charge is 0.165 e. The van der Waals surface area contributed by atoms with Gasteiger partial charge in [0, 0.05) is 11.1 Å². The van der Waals surface area contributed by atoms with Crippen molar-refractivity contribution in [3.8, 4) is 5.75 Å². The van der Waals surface area contributed by atoms with Gasteiger partial charge in [-0.15, -0.1) is 11.3 Å². The first-order valence-corrected chi connectivity index (χ1v) is 6.45. The van der Waals surface area contributed by atoms with Crippen LogP contribution in [-0.4, -0.2) is 10.1 Å². The molecule has 1 atom stereocenters. The first kappa shape index (κ1) is 13.0. The zero-order valence-corrected chi connectivity index (χ0v) is 11.0. The molecule has 1 heterocycles. The van der Waals surface area contributed by atoms with Gasteiger partial charge in [0.05, 0.1) is 6.10 Å². The Labute approximate surface area is 109 Å². The van der Waals surface area contributed by atoms with Crippen LogP contribution < -0.4 is 4.74 Å². The lowest BCUT2D eigenvalue weighted by Gasteiger charge is -2.09. The molecule has 0 radical (unpaired) electrons. The Balaban J connectivity index is 2.05. The number of aryl methyl sites for hydroxylation is 1. The van der Waals surface area contributed by atoms with E-state index in [0.717, 1.165) is 10.7 Å². The third-order valence-electron chi connectivity index (χ3n) is 2.46.